The molecular weight excluding hydrogens is 472 g/mol. The van der Waals surface area contributed by atoms with Gasteiger partial charge in [0.1, 0.15) is 12.2 Å². The Hall–Kier alpha value is -4.59. The first-order chi connectivity index (χ1) is 17.7. The van der Waals surface area contributed by atoms with Crippen molar-refractivity contribution in [3.63, 3.8) is 0 Å². The second kappa shape index (κ2) is 11.0. The van der Waals surface area contributed by atoms with E-state index in [1.807, 2.05) is 36.4 Å². The zero-order chi connectivity index (χ0) is 26.4. The molecule has 0 saturated heterocycles. The van der Waals surface area contributed by atoms with Gasteiger partial charge < -0.3 is 18.9 Å². The van der Waals surface area contributed by atoms with Crippen molar-refractivity contribution in [1.82, 2.24) is 0 Å². The molecule has 1 aliphatic heterocycles. The highest BCUT2D eigenvalue weighted by molar-refractivity contribution is 6.13. The van der Waals surface area contributed by atoms with Gasteiger partial charge in [-0.3, -0.25) is 5.32 Å². The second-order valence-corrected chi connectivity index (χ2v) is 9.22. The lowest BCUT2D eigenvalue weighted by atomic mass is 10.1. The van der Waals surface area contributed by atoms with E-state index in [2.05, 4.69) is 10.3 Å². The van der Waals surface area contributed by atoms with Crippen LogP contribution in [0.5, 0.6) is 11.5 Å². The lowest BCUT2D eigenvalue weighted by Crippen LogP contribution is -2.27. The number of hydrogen-bond acceptors (Lipinski definition) is 7. The van der Waals surface area contributed by atoms with Gasteiger partial charge in [-0.05, 0) is 74.4 Å². The summed E-state index contributed by atoms with van der Waals surface area (Å²) in [6.45, 7) is 5.77. The first-order valence-electron chi connectivity index (χ1n) is 11.7. The molecule has 1 aliphatic rings. The molecule has 0 saturated carbocycles. The molecule has 0 unspecified atom stereocenters. The van der Waals surface area contributed by atoms with Gasteiger partial charge in [0, 0.05) is 11.3 Å². The molecule has 3 aromatic rings. The molecule has 8 nitrogen and oxygen atoms in total. The maximum atomic E-state index is 12.5. The molecule has 0 atom stereocenters. The lowest BCUT2D eigenvalue weighted by molar-refractivity contribution is -0.129. The quantitative estimate of drug-likeness (QED) is 0.317. The van der Waals surface area contributed by atoms with Crippen LogP contribution in [-0.4, -0.2) is 30.7 Å². The van der Waals surface area contributed by atoms with Gasteiger partial charge in [-0.25, -0.2) is 14.6 Å². The predicted molar refractivity (Wildman–Crippen MR) is 141 cm³/mol. The van der Waals surface area contributed by atoms with Crippen molar-refractivity contribution < 1.29 is 28.5 Å². The number of cyclic esters (lactones) is 1. The van der Waals surface area contributed by atoms with E-state index in [0.29, 0.717) is 34.9 Å². The molecule has 0 aromatic heterocycles. The molecule has 4 rings (SSSR count). The van der Waals surface area contributed by atoms with E-state index in [0.717, 1.165) is 5.56 Å². The molecule has 1 amide bonds. The summed E-state index contributed by atoms with van der Waals surface area (Å²) in [5, 5.41) is 2.66. The lowest BCUT2D eigenvalue weighted by Gasteiger charge is -2.19. The molecule has 37 heavy (non-hydrogen) atoms. The number of anilines is 1. The minimum atomic E-state index is -0.598. The molecule has 0 radical (unpaired) electrons. The molecule has 8 heteroatoms. The summed E-state index contributed by atoms with van der Waals surface area (Å²) in [5.74, 6) is 0.741. The topological polar surface area (TPSA) is 95.5 Å². The number of nitrogens with one attached hydrogen (secondary N) is 1. The first kappa shape index (κ1) is 25.5. The van der Waals surface area contributed by atoms with Crippen molar-refractivity contribution >= 4 is 29.7 Å². The van der Waals surface area contributed by atoms with Crippen molar-refractivity contribution in [2.75, 3.05) is 12.4 Å². The Balaban J connectivity index is 1.45. The van der Waals surface area contributed by atoms with Gasteiger partial charge in [0.15, 0.2) is 17.2 Å². The van der Waals surface area contributed by atoms with Crippen molar-refractivity contribution in [2.45, 2.75) is 33.0 Å². The Bertz CT molecular complexity index is 1340. The highest BCUT2D eigenvalue weighted by atomic mass is 16.6. The highest BCUT2D eigenvalue weighted by Gasteiger charge is 2.24. The number of ether oxygens (including phenoxy) is 4. The number of esters is 1. The Labute approximate surface area is 215 Å². The van der Waals surface area contributed by atoms with Crippen LogP contribution in [0.15, 0.2) is 83.5 Å². The Morgan fingerprint density at radius 3 is 2.41 bits per heavy atom. The van der Waals surface area contributed by atoms with Gasteiger partial charge >= 0.3 is 12.1 Å². The minimum Gasteiger partial charge on any atom is -0.493 e. The van der Waals surface area contributed by atoms with E-state index in [4.69, 9.17) is 18.9 Å². The normalized spacial score (nSPS) is 14.1. The fourth-order valence-corrected chi connectivity index (χ4v) is 3.44. The fourth-order valence-electron chi connectivity index (χ4n) is 3.44. The SMILES string of the molecule is COc1cc(/C=C2/N=C(c3ccc(NC(=O)OC(C)(C)C)cc3)OC2=O)ccc1OCc1ccccc1. The van der Waals surface area contributed by atoms with Crippen LogP contribution in [0.25, 0.3) is 6.08 Å². The number of amides is 1. The first-order valence-corrected chi connectivity index (χ1v) is 11.7. The molecule has 190 valence electrons. The van der Waals surface area contributed by atoms with E-state index in [9.17, 15) is 9.59 Å². The smallest absolute Gasteiger partial charge is 0.412 e. The number of rotatable bonds is 7. The zero-order valence-corrected chi connectivity index (χ0v) is 21.1. The third-order valence-corrected chi connectivity index (χ3v) is 5.13. The molecule has 0 fully saturated rings. The summed E-state index contributed by atoms with van der Waals surface area (Å²) in [4.78, 5) is 28.7. The Morgan fingerprint density at radius 1 is 1.00 bits per heavy atom. The number of aliphatic imine (C=N–C) groups is 1. The number of methoxy groups -OCH3 is 1. The number of hydrogen-bond donors (Lipinski definition) is 1. The van der Waals surface area contributed by atoms with E-state index in [1.165, 1.54) is 0 Å². The maximum Gasteiger partial charge on any atom is 0.412 e. The molecule has 0 bridgehead atoms. The molecule has 0 spiro atoms. The number of carbonyl (C=O) groups is 2. The monoisotopic (exact) mass is 500 g/mol. The summed E-state index contributed by atoms with van der Waals surface area (Å²) in [6.07, 6.45) is 1.07. The van der Waals surface area contributed by atoms with E-state index in [-0.39, 0.29) is 11.6 Å². The van der Waals surface area contributed by atoms with Crippen LogP contribution in [0, 0.1) is 0 Å². The minimum absolute atomic E-state index is 0.158. The summed E-state index contributed by atoms with van der Waals surface area (Å²) in [7, 11) is 1.56. The van der Waals surface area contributed by atoms with Gasteiger partial charge in [-0.2, -0.15) is 0 Å². The largest absolute Gasteiger partial charge is 0.493 e. The van der Waals surface area contributed by atoms with Crippen molar-refractivity contribution in [3.8, 4) is 11.5 Å². The summed E-state index contributed by atoms with van der Waals surface area (Å²) >= 11 is 0. The van der Waals surface area contributed by atoms with Gasteiger partial charge in [-0.15, -0.1) is 0 Å². The highest BCUT2D eigenvalue weighted by Crippen LogP contribution is 2.30. The molecule has 3 aromatic carbocycles. The van der Waals surface area contributed by atoms with E-state index in [1.54, 1.807) is 70.4 Å². The summed E-state index contributed by atoms with van der Waals surface area (Å²) < 4.78 is 22.0. The maximum absolute atomic E-state index is 12.5. The van der Waals surface area contributed by atoms with Gasteiger partial charge in [0.25, 0.3) is 0 Å². The van der Waals surface area contributed by atoms with Gasteiger partial charge in [0.05, 0.1) is 7.11 Å². The Kier molecular flexibility index (Phi) is 7.57. The number of nitrogens with zero attached hydrogens (tertiary/aromatic N) is 1. The summed E-state index contributed by atoms with van der Waals surface area (Å²) in [6, 6.07) is 21.9. The zero-order valence-electron chi connectivity index (χ0n) is 21.1. The number of benzene rings is 3. The third-order valence-electron chi connectivity index (χ3n) is 5.13. The average Bonchev–Trinajstić information content (AvgIpc) is 3.23. The third kappa shape index (κ3) is 6.98. The molecule has 0 aliphatic carbocycles. The van der Waals surface area contributed by atoms with Gasteiger partial charge in [0.2, 0.25) is 5.90 Å². The van der Waals surface area contributed by atoms with Crippen LogP contribution in [0.3, 0.4) is 0 Å². The van der Waals surface area contributed by atoms with E-state index < -0.39 is 17.7 Å². The molecular formula is C29H28N2O6. The summed E-state index contributed by atoms with van der Waals surface area (Å²) in [5.41, 5.74) is 2.44. The van der Waals surface area contributed by atoms with Crippen LogP contribution in [-0.2, 0) is 20.9 Å². The van der Waals surface area contributed by atoms with Crippen LogP contribution in [0.2, 0.25) is 0 Å². The van der Waals surface area contributed by atoms with Crippen molar-refractivity contribution in [1.29, 1.82) is 0 Å². The standard InChI is InChI=1S/C29H28N2O6/c1-29(2,3)37-28(33)30-22-13-11-21(12-14-22)26-31-23(27(32)36-26)16-20-10-15-24(25(17-20)34-4)35-18-19-8-6-5-7-9-19/h5-17H,18H2,1-4H3,(H,30,33)/b23-16+. The van der Waals surface area contributed by atoms with Gasteiger partial charge in [-0.1, -0.05) is 36.4 Å². The number of carbonyl (C=O) groups excluding carboxylic acids is 2. The molecule has 1 N–H and O–H groups in total. The van der Waals surface area contributed by atoms with Crippen LogP contribution in [0.1, 0.15) is 37.5 Å². The molecule has 1 heterocycles. The van der Waals surface area contributed by atoms with Crippen LogP contribution < -0.4 is 14.8 Å². The van der Waals surface area contributed by atoms with Crippen LogP contribution in [0.4, 0.5) is 10.5 Å². The van der Waals surface area contributed by atoms with Crippen LogP contribution >= 0.6 is 0 Å². The predicted octanol–water partition coefficient (Wildman–Crippen LogP) is 5.97. The second-order valence-electron chi connectivity index (χ2n) is 9.22. The fraction of sp³-hybridized carbons (Fsp3) is 0.207. The van der Waals surface area contributed by atoms with Crippen molar-refractivity contribution in [2.24, 2.45) is 4.99 Å². The van der Waals surface area contributed by atoms with E-state index >= 15 is 0 Å². The Morgan fingerprint density at radius 2 is 1.73 bits per heavy atom. The van der Waals surface area contributed by atoms with Crippen molar-refractivity contribution in [3.05, 3.63) is 95.2 Å². The average molecular weight is 501 g/mol.